The van der Waals surface area contributed by atoms with E-state index in [0.717, 1.165) is 74.9 Å². The normalized spacial score (nSPS) is 11.6. The summed E-state index contributed by atoms with van der Waals surface area (Å²) in [5.74, 6) is 0.00936. The summed E-state index contributed by atoms with van der Waals surface area (Å²) in [6.45, 7) is 4.38. The molecule has 280 valence electrons. The van der Waals surface area contributed by atoms with Crippen molar-refractivity contribution in [1.82, 2.24) is 0 Å². The van der Waals surface area contributed by atoms with Crippen molar-refractivity contribution in [3.05, 3.63) is 244 Å². The first-order chi connectivity index (χ1) is 27.6. The number of phenols is 1. The van der Waals surface area contributed by atoms with Crippen molar-refractivity contribution in [3.8, 4) is 5.75 Å². The molecule has 0 aliphatic carbocycles. The van der Waals surface area contributed by atoms with Crippen LogP contribution in [0.3, 0.4) is 0 Å². The van der Waals surface area contributed by atoms with E-state index in [-0.39, 0.29) is 18.1 Å². The molecule has 0 radical (unpaired) electrons. The fourth-order valence-electron chi connectivity index (χ4n) is 8.82. The lowest BCUT2D eigenvalue weighted by Crippen LogP contribution is -2.36. The minimum Gasteiger partial charge on any atom is -0.507 e. The predicted octanol–water partition coefficient (Wildman–Crippen LogP) is 12.0. The Hall–Kier alpha value is -6.19. The van der Waals surface area contributed by atoms with Gasteiger partial charge in [-0.15, -0.1) is 0 Å². The summed E-state index contributed by atoms with van der Waals surface area (Å²) >= 11 is 0. The fraction of sp³-hybridized carbons (Fsp3) is 0.189. The van der Waals surface area contributed by atoms with Gasteiger partial charge < -0.3 is 9.84 Å². The van der Waals surface area contributed by atoms with Crippen LogP contribution in [0.1, 0.15) is 88.7 Å². The maximum absolute atomic E-state index is 13.9. The third-order valence-corrected chi connectivity index (χ3v) is 11.2. The largest absolute Gasteiger partial charge is 0.507 e. The summed E-state index contributed by atoms with van der Waals surface area (Å²) in [4.78, 5) is 13.2. The smallest absolute Gasteiger partial charge is 0.306 e. The molecular weight excluding hydrogens is 685 g/mol. The Kier molecular flexibility index (Phi) is 11.9. The maximum atomic E-state index is 13.9. The quantitative estimate of drug-likeness (QED) is 0.0843. The highest BCUT2D eigenvalue weighted by Crippen LogP contribution is 2.56. The van der Waals surface area contributed by atoms with Gasteiger partial charge in [-0.25, -0.2) is 0 Å². The molecule has 0 spiro atoms. The van der Waals surface area contributed by atoms with Crippen LogP contribution in [-0.4, -0.2) is 17.7 Å². The molecule has 0 saturated heterocycles. The van der Waals surface area contributed by atoms with E-state index in [1.54, 1.807) is 0 Å². The van der Waals surface area contributed by atoms with Gasteiger partial charge in [0.2, 0.25) is 0 Å². The van der Waals surface area contributed by atoms with Crippen LogP contribution in [0, 0.1) is 0 Å². The molecule has 3 nitrogen and oxygen atoms in total. The average molecular weight is 735 g/mol. The van der Waals surface area contributed by atoms with Crippen LogP contribution in [0.5, 0.6) is 5.75 Å². The zero-order valence-electron chi connectivity index (χ0n) is 32.4. The fourth-order valence-corrected chi connectivity index (χ4v) is 8.82. The number of benzene rings is 7. The Bertz CT molecular complexity index is 2110. The molecule has 0 saturated carbocycles. The molecular formula is C53H50O3. The van der Waals surface area contributed by atoms with E-state index in [4.69, 9.17) is 4.74 Å². The lowest BCUT2D eigenvalue weighted by Gasteiger charge is -2.43. The second-order valence-corrected chi connectivity index (χ2v) is 14.4. The van der Waals surface area contributed by atoms with Crippen LogP contribution >= 0.6 is 0 Å². The molecule has 0 atom stereocenters. The molecule has 7 aromatic carbocycles. The van der Waals surface area contributed by atoms with Crippen LogP contribution in [-0.2, 0) is 33.2 Å². The van der Waals surface area contributed by atoms with Gasteiger partial charge in [-0.2, -0.15) is 0 Å². The summed E-state index contributed by atoms with van der Waals surface area (Å²) in [6, 6.07) is 65.6. The Morgan fingerprint density at radius 3 is 1.21 bits per heavy atom. The summed E-state index contributed by atoms with van der Waals surface area (Å²) in [5.41, 5.74) is 8.05. The number of aromatic hydroxyl groups is 1. The topological polar surface area (TPSA) is 46.5 Å². The molecule has 0 amide bonds. The van der Waals surface area contributed by atoms with E-state index in [2.05, 4.69) is 177 Å². The Morgan fingerprint density at radius 2 is 0.875 bits per heavy atom. The first-order valence-corrected chi connectivity index (χ1v) is 19.9. The van der Waals surface area contributed by atoms with E-state index in [0.29, 0.717) is 13.0 Å². The standard InChI is InChI=1S/C53H50O3/c1-3-5-36-47-40(37-38-49(54)56-4-2)39-48(52(41-24-12-6-13-25-41,42-26-14-7-15-27-42)43-28-16-8-17-29-43)51(55)50(47)53(44-30-18-9-19-31-44,45-32-20-10-21-33-45)46-34-22-11-23-35-46/h6-35,39,55H,3-5,36-38H2,1-2H3. The number of esters is 1. The van der Waals surface area contributed by atoms with Gasteiger partial charge in [0.05, 0.1) is 17.4 Å². The van der Waals surface area contributed by atoms with Gasteiger partial charge in [0.1, 0.15) is 5.75 Å². The minimum atomic E-state index is -0.944. The number of carbonyl (C=O) groups is 1. The van der Waals surface area contributed by atoms with Gasteiger partial charge in [0, 0.05) is 17.5 Å². The minimum absolute atomic E-state index is 0.223. The Morgan fingerprint density at radius 1 is 0.518 bits per heavy atom. The molecule has 0 bridgehead atoms. The van der Waals surface area contributed by atoms with Gasteiger partial charge in [-0.3, -0.25) is 4.79 Å². The van der Waals surface area contributed by atoms with Crippen molar-refractivity contribution in [2.75, 3.05) is 6.61 Å². The average Bonchev–Trinajstić information content (AvgIpc) is 3.26. The van der Waals surface area contributed by atoms with Gasteiger partial charge in [0.15, 0.2) is 0 Å². The maximum Gasteiger partial charge on any atom is 0.306 e. The van der Waals surface area contributed by atoms with Gasteiger partial charge in [0.25, 0.3) is 0 Å². The zero-order valence-corrected chi connectivity index (χ0v) is 32.4. The summed E-state index contributed by atoms with van der Waals surface area (Å²) < 4.78 is 5.53. The Balaban J connectivity index is 1.74. The molecule has 0 aliphatic heterocycles. The highest BCUT2D eigenvalue weighted by atomic mass is 16.5. The number of hydrogen-bond acceptors (Lipinski definition) is 3. The van der Waals surface area contributed by atoms with Crippen molar-refractivity contribution in [1.29, 1.82) is 0 Å². The molecule has 0 unspecified atom stereocenters. The van der Waals surface area contributed by atoms with E-state index in [1.165, 1.54) is 0 Å². The zero-order chi connectivity index (χ0) is 38.8. The number of ether oxygens (including phenoxy) is 1. The van der Waals surface area contributed by atoms with Gasteiger partial charge in [-0.1, -0.05) is 201 Å². The van der Waals surface area contributed by atoms with Crippen LogP contribution in [0.2, 0.25) is 0 Å². The molecule has 3 heteroatoms. The van der Waals surface area contributed by atoms with Crippen molar-refractivity contribution in [3.63, 3.8) is 0 Å². The molecule has 7 rings (SSSR count). The molecule has 7 aromatic rings. The van der Waals surface area contributed by atoms with E-state index >= 15 is 0 Å². The lowest BCUT2D eigenvalue weighted by atomic mass is 9.59. The molecule has 0 aromatic heterocycles. The van der Waals surface area contributed by atoms with Gasteiger partial charge in [-0.05, 0) is 70.7 Å². The Labute approximate surface area is 332 Å². The van der Waals surface area contributed by atoms with Crippen LogP contribution < -0.4 is 0 Å². The monoisotopic (exact) mass is 734 g/mol. The second kappa shape index (κ2) is 17.5. The van der Waals surface area contributed by atoms with Crippen LogP contribution in [0.15, 0.2) is 188 Å². The first kappa shape index (κ1) is 38.1. The summed E-state index contributed by atoms with van der Waals surface area (Å²) in [5, 5.41) is 13.9. The van der Waals surface area contributed by atoms with Crippen molar-refractivity contribution < 1.29 is 14.6 Å². The number of unbranched alkanes of at least 4 members (excludes halogenated alkanes) is 1. The van der Waals surface area contributed by atoms with Gasteiger partial charge >= 0.3 is 5.97 Å². The molecule has 56 heavy (non-hydrogen) atoms. The number of hydrogen-bond donors (Lipinski definition) is 1. The molecule has 1 N–H and O–H groups in total. The number of carbonyl (C=O) groups excluding carboxylic acids is 1. The third-order valence-electron chi connectivity index (χ3n) is 11.2. The molecule has 0 heterocycles. The highest BCUT2D eigenvalue weighted by molar-refractivity contribution is 5.74. The first-order valence-electron chi connectivity index (χ1n) is 19.9. The highest BCUT2D eigenvalue weighted by Gasteiger charge is 2.47. The van der Waals surface area contributed by atoms with Crippen LogP contribution in [0.4, 0.5) is 0 Å². The van der Waals surface area contributed by atoms with Crippen LogP contribution in [0.25, 0.3) is 0 Å². The van der Waals surface area contributed by atoms with Crippen molar-refractivity contribution in [2.45, 2.75) is 56.8 Å². The SMILES string of the molecule is CCCCc1c(CCC(=O)OCC)cc(C(c2ccccc2)(c2ccccc2)c2ccccc2)c(O)c1C(c1ccccc1)(c1ccccc1)c1ccccc1. The molecule has 0 aliphatic rings. The number of aryl methyl sites for hydroxylation is 1. The second-order valence-electron chi connectivity index (χ2n) is 14.4. The predicted molar refractivity (Wildman–Crippen MR) is 228 cm³/mol. The van der Waals surface area contributed by atoms with E-state index < -0.39 is 10.8 Å². The number of rotatable bonds is 15. The lowest BCUT2D eigenvalue weighted by molar-refractivity contribution is -0.143. The summed E-state index contributed by atoms with van der Waals surface area (Å²) in [7, 11) is 0. The number of phenolic OH excluding ortho intramolecular Hbond substituents is 1. The third kappa shape index (κ3) is 7.06. The van der Waals surface area contributed by atoms with Crippen molar-refractivity contribution >= 4 is 5.97 Å². The van der Waals surface area contributed by atoms with Crippen molar-refractivity contribution in [2.24, 2.45) is 0 Å². The summed E-state index contributed by atoms with van der Waals surface area (Å²) in [6.07, 6.45) is 3.28. The van der Waals surface area contributed by atoms with E-state index in [9.17, 15) is 9.90 Å². The van der Waals surface area contributed by atoms with E-state index in [1.807, 2.05) is 25.1 Å². The molecule has 0 fully saturated rings.